The van der Waals surface area contributed by atoms with Gasteiger partial charge in [-0.3, -0.25) is 4.68 Å². The monoisotopic (exact) mass is 314 g/mol. The molecule has 0 aliphatic rings. The van der Waals surface area contributed by atoms with Crippen molar-refractivity contribution in [2.45, 2.75) is 24.4 Å². The number of benzene rings is 1. The first-order chi connectivity index (χ1) is 9.38. The summed E-state index contributed by atoms with van der Waals surface area (Å²) >= 11 is 5.91. The van der Waals surface area contributed by atoms with Crippen LogP contribution < -0.4 is 10.5 Å². The lowest BCUT2D eigenvalue weighted by atomic mass is 10.3. The van der Waals surface area contributed by atoms with Crippen LogP contribution in [0.4, 0.5) is 5.69 Å². The van der Waals surface area contributed by atoms with Crippen molar-refractivity contribution in [2.75, 3.05) is 5.73 Å². The Balaban J connectivity index is 2.16. The van der Waals surface area contributed by atoms with Crippen LogP contribution in [0.2, 0.25) is 5.02 Å². The molecule has 0 aliphatic heterocycles. The molecular formula is C12H15ClN4O2S. The maximum Gasteiger partial charge on any atom is 0.242 e. The molecule has 8 heteroatoms. The topological polar surface area (TPSA) is 90.0 Å². The van der Waals surface area contributed by atoms with Gasteiger partial charge < -0.3 is 5.73 Å². The summed E-state index contributed by atoms with van der Waals surface area (Å²) in [5.41, 5.74) is 5.94. The second kappa shape index (κ2) is 5.82. The molecule has 1 heterocycles. The zero-order valence-corrected chi connectivity index (χ0v) is 12.4. The molecule has 108 valence electrons. The van der Waals surface area contributed by atoms with E-state index in [1.54, 1.807) is 36.1 Å². The fraction of sp³-hybridized carbons (Fsp3) is 0.250. The average molecular weight is 315 g/mol. The predicted octanol–water partition coefficient (Wildman–Crippen LogP) is 1.49. The molecule has 1 atom stereocenters. The van der Waals surface area contributed by atoms with Gasteiger partial charge in [0.15, 0.2) is 0 Å². The van der Waals surface area contributed by atoms with Crippen LogP contribution in [-0.2, 0) is 16.6 Å². The van der Waals surface area contributed by atoms with Gasteiger partial charge in [0, 0.05) is 24.1 Å². The molecule has 20 heavy (non-hydrogen) atoms. The molecule has 1 aromatic carbocycles. The average Bonchev–Trinajstić information content (AvgIpc) is 2.84. The second-order valence-corrected chi connectivity index (χ2v) is 6.53. The van der Waals surface area contributed by atoms with Crippen molar-refractivity contribution in [1.29, 1.82) is 0 Å². The van der Waals surface area contributed by atoms with Crippen molar-refractivity contribution in [2.24, 2.45) is 0 Å². The summed E-state index contributed by atoms with van der Waals surface area (Å²) < 4.78 is 28.7. The molecule has 2 aromatic rings. The van der Waals surface area contributed by atoms with E-state index in [1.165, 1.54) is 12.1 Å². The van der Waals surface area contributed by atoms with Crippen molar-refractivity contribution >= 4 is 27.3 Å². The van der Waals surface area contributed by atoms with Crippen LogP contribution in [0.15, 0.2) is 41.6 Å². The summed E-state index contributed by atoms with van der Waals surface area (Å²) in [6, 6.07) is 5.79. The van der Waals surface area contributed by atoms with E-state index < -0.39 is 10.0 Å². The third-order valence-electron chi connectivity index (χ3n) is 2.62. The Kier molecular flexibility index (Phi) is 4.32. The molecule has 0 bridgehead atoms. The normalized spacial score (nSPS) is 13.3. The summed E-state index contributed by atoms with van der Waals surface area (Å²) in [6.07, 6.45) is 3.40. The van der Waals surface area contributed by atoms with Crippen molar-refractivity contribution in [3.63, 3.8) is 0 Å². The zero-order valence-electron chi connectivity index (χ0n) is 10.8. The van der Waals surface area contributed by atoms with Crippen molar-refractivity contribution in [3.05, 3.63) is 41.7 Å². The molecule has 0 amide bonds. The number of aromatic nitrogens is 2. The van der Waals surface area contributed by atoms with E-state index in [0.717, 1.165) is 0 Å². The highest BCUT2D eigenvalue weighted by Crippen LogP contribution is 2.23. The van der Waals surface area contributed by atoms with E-state index in [1.807, 2.05) is 0 Å². The number of halogens is 1. The second-order valence-electron chi connectivity index (χ2n) is 4.44. The van der Waals surface area contributed by atoms with Gasteiger partial charge >= 0.3 is 0 Å². The molecule has 0 radical (unpaired) electrons. The summed E-state index contributed by atoms with van der Waals surface area (Å²) in [7, 11) is -3.72. The third-order valence-corrected chi connectivity index (χ3v) is 4.69. The lowest BCUT2D eigenvalue weighted by Crippen LogP contribution is -2.36. The summed E-state index contributed by atoms with van der Waals surface area (Å²) in [5.74, 6) is 0. The highest BCUT2D eigenvalue weighted by molar-refractivity contribution is 7.89. The first kappa shape index (κ1) is 14.8. The van der Waals surface area contributed by atoms with E-state index >= 15 is 0 Å². The number of hydrogen-bond donors (Lipinski definition) is 2. The number of nitrogens with zero attached hydrogens (tertiary/aromatic N) is 2. The standard InChI is InChI=1S/C12H15ClN4O2S/c1-9(8-17-6-2-5-15-17)16-20(18,19)12-7-10(14)3-4-11(12)13/h2-7,9,16H,8,14H2,1H3. The van der Waals surface area contributed by atoms with E-state index in [4.69, 9.17) is 17.3 Å². The van der Waals surface area contributed by atoms with Crippen LogP contribution in [0.1, 0.15) is 6.92 Å². The van der Waals surface area contributed by atoms with E-state index in [0.29, 0.717) is 12.2 Å². The zero-order chi connectivity index (χ0) is 14.8. The maximum atomic E-state index is 12.3. The van der Waals surface area contributed by atoms with Gasteiger partial charge in [-0.1, -0.05) is 11.6 Å². The van der Waals surface area contributed by atoms with Crippen LogP contribution >= 0.6 is 11.6 Å². The highest BCUT2D eigenvalue weighted by atomic mass is 35.5. The molecule has 0 saturated carbocycles. The van der Waals surface area contributed by atoms with Gasteiger partial charge in [-0.05, 0) is 31.2 Å². The molecule has 0 aliphatic carbocycles. The number of nitrogens with two attached hydrogens (primary N) is 1. The molecule has 0 fully saturated rings. The lowest BCUT2D eigenvalue weighted by molar-refractivity contribution is 0.494. The number of hydrogen-bond acceptors (Lipinski definition) is 4. The van der Waals surface area contributed by atoms with Crippen LogP contribution in [-0.4, -0.2) is 24.2 Å². The fourth-order valence-corrected chi connectivity index (χ4v) is 3.55. The third kappa shape index (κ3) is 3.50. The lowest BCUT2D eigenvalue weighted by Gasteiger charge is -2.15. The SMILES string of the molecule is CC(Cn1cccn1)NS(=O)(=O)c1cc(N)ccc1Cl. The molecule has 1 aromatic heterocycles. The minimum atomic E-state index is -3.72. The number of nitrogens with one attached hydrogen (secondary N) is 1. The maximum absolute atomic E-state index is 12.3. The minimum Gasteiger partial charge on any atom is -0.399 e. The van der Waals surface area contributed by atoms with Crippen LogP contribution in [0.5, 0.6) is 0 Å². The fourth-order valence-electron chi connectivity index (χ4n) is 1.78. The van der Waals surface area contributed by atoms with Gasteiger partial charge in [0.1, 0.15) is 4.90 Å². The molecule has 0 saturated heterocycles. The summed E-state index contributed by atoms with van der Waals surface area (Å²) in [5, 5.41) is 4.16. The summed E-state index contributed by atoms with van der Waals surface area (Å²) in [6.45, 7) is 2.17. The highest BCUT2D eigenvalue weighted by Gasteiger charge is 2.21. The van der Waals surface area contributed by atoms with Crippen molar-refractivity contribution < 1.29 is 8.42 Å². The summed E-state index contributed by atoms with van der Waals surface area (Å²) in [4.78, 5) is -0.0218. The van der Waals surface area contributed by atoms with Gasteiger partial charge in [-0.2, -0.15) is 5.10 Å². The van der Waals surface area contributed by atoms with Gasteiger partial charge in [-0.25, -0.2) is 13.1 Å². The molecule has 2 rings (SSSR count). The molecular weight excluding hydrogens is 300 g/mol. The number of sulfonamides is 1. The minimum absolute atomic E-state index is 0.0218. The van der Waals surface area contributed by atoms with Crippen LogP contribution in [0.25, 0.3) is 0 Å². The Labute approximate surface area is 122 Å². The van der Waals surface area contributed by atoms with Crippen molar-refractivity contribution in [3.8, 4) is 0 Å². The largest absolute Gasteiger partial charge is 0.399 e. The quantitative estimate of drug-likeness (QED) is 0.818. The Hall–Kier alpha value is -1.57. The predicted molar refractivity (Wildman–Crippen MR) is 77.9 cm³/mol. The van der Waals surface area contributed by atoms with Gasteiger partial charge in [0.05, 0.1) is 11.6 Å². The van der Waals surface area contributed by atoms with E-state index in [-0.39, 0.29) is 16.0 Å². The van der Waals surface area contributed by atoms with Crippen molar-refractivity contribution in [1.82, 2.24) is 14.5 Å². The smallest absolute Gasteiger partial charge is 0.242 e. The van der Waals surface area contributed by atoms with Crippen LogP contribution in [0, 0.1) is 0 Å². The van der Waals surface area contributed by atoms with Gasteiger partial charge in [-0.15, -0.1) is 0 Å². The van der Waals surface area contributed by atoms with Crippen LogP contribution in [0.3, 0.4) is 0 Å². The Morgan fingerprint density at radius 1 is 1.50 bits per heavy atom. The number of anilines is 1. The molecule has 1 unspecified atom stereocenters. The first-order valence-electron chi connectivity index (χ1n) is 5.93. The first-order valence-corrected chi connectivity index (χ1v) is 7.79. The Bertz CT molecular complexity index is 685. The van der Waals surface area contributed by atoms with E-state index in [2.05, 4.69) is 9.82 Å². The number of rotatable bonds is 5. The molecule has 0 spiro atoms. The Morgan fingerprint density at radius 3 is 2.90 bits per heavy atom. The van der Waals surface area contributed by atoms with Gasteiger partial charge in [0.25, 0.3) is 0 Å². The number of nitrogen functional groups attached to an aromatic ring is 1. The Morgan fingerprint density at radius 2 is 2.25 bits per heavy atom. The van der Waals surface area contributed by atoms with E-state index in [9.17, 15) is 8.42 Å². The van der Waals surface area contributed by atoms with Gasteiger partial charge in [0.2, 0.25) is 10.0 Å². The molecule has 6 nitrogen and oxygen atoms in total. The molecule has 3 N–H and O–H groups in total.